The summed E-state index contributed by atoms with van der Waals surface area (Å²) in [4.78, 5) is 2.41. The number of hydrogen-bond donors (Lipinski definition) is 1. The molecule has 0 aliphatic carbocycles. The molecule has 22 heavy (non-hydrogen) atoms. The van der Waals surface area contributed by atoms with Gasteiger partial charge in [0.15, 0.2) is 11.5 Å². The molecule has 4 nitrogen and oxygen atoms in total. The first-order valence-electron chi connectivity index (χ1n) is 7.77. The van der Waals surface area contributed by atoms with Crippen molar-refractivity contribution < 1.29 is 9.47 Å². The number of methoxy groups -OCH3 is 1. The number of nitrogens with zero attached hydrogens (tertiary/aromatic N) is 1. The molecule has 2 unspecified atom stereocenters. The van der Waals surface area contributed by atoms with Gasteiger partial charge >= 0.3 is 0 Å². The van der Waals surface area contributed by atoms with Crippen molar-refractivity contribution in [3.05, 3.63) is 23.8 Å². The second-order valence-corrected chi connectivity index (χ2v) is 6.53. The van der Waals surface area contributed by atoms with Crippen LogP contribution in [0.1, 0.15) is 26.3 Å². The zero-order valence-corrected chi connectivity index (χ0v) is 14.9. The van der Waals surface area contributed by atoms with Crippen molar-refractivity contribution in [1.29, 1.82) is 0 Å². The number of ether oxygens (including phenoxy) is 2. The Hall–Kier alpha value is -0.970. The number of nitrogens with two attached hydrogens (primary N) is 1. The average Bonchev–Trinajstić information content (AvgIpc) is 2.75. The summed E-state index contributed by atoms with van der Waals surface area (Å²) in [6.07, 6.45) is 0. The number of halogens is 1. The molecule has 2 rings (SSSR count). The largest absolute Gasteiger partial charge is 0.493 e. The van der Waals surface area contributed by atoms with Crippen LogP contribution in [0.25, 0.3) is 0 Å². The predicted octanol–water partition coefficient (Wildman–Crippen LogP) is 2.93. The van der Waals surface area contributed by atoms with Crippen LogP contribution in [-0.4, -0.2) is 37.7 Å². The van der Waals surface area contributed by atoms with E-state index < -0.39 is 0 Å². The first kappa shape index (κ1) is 19.1. The van der Waals surface area contributed by atoms with Crippen LogP contribution >= 0.6 is 12.4 Å². The third kappa shape index (κ3) is 5.04. The molecule has 1 aliphatic rings. The number of hydrogen-bond acceptors (Lipinski definition) is 4. The van der Waals surface area contributed by atoms with Gasteiger partial charge in [0.05, 0.1) is 13.7 Å². The molecule has 1 aromatic rings. The van der Waals surface area contributed by atoms with Crippen molar-refractivity contribution in [3.63, 3.8) is 0 Å². The van der Waals surface area contributed by atoms with E-state index in [0.29, 0.717) is 24.5 Å². The molecule has 1 fully saturated rings. The SMILES string of the molecule is COc1ccc(CN2CC(C)C(N)C2)cc1OCC(C)C.Cl. The lowest BCUT2D eigenvalue weighted by Gasteiger charge is -2.18. The van der Waals surface area contributed by atoms with Crippen molar-refractivity contribution in [3.8, 4) is 11.5 Å². The Morgan fingerprint density at radius 1 is 1.27 bits per heavy atom. The minimum absolute atomic E-state index is 0. The van der Waals surface area contributed by atoms with Crippen LogP contribution in [0.3, 0.4) is 0 Å². The molecule has 1 aliphatic heterocycles. The minimum atomic E-state index is 0. The lowest BCUT2D eigenvalue weighted by Crippen LogP contribution is -2.28. The Morgan fingerprint density at radius 3 is 2.55 bits per heavy atom. The quantitative estimate of drug-likeness (QED) is 0.872. The van der Waals surface area contributed by atoms with E-state index in [9.17, 15) is 0 Å². The van der Waals surface area contributed by atoms with Crippen LogP contribution in [0.5, 0.6) is 11.5 Å². The second kappa shape index (κ2) is 8.61. The average molecular weight is 329 g/mol. The molecule has 1 saturated heterocycles. The van der Waals surface area contributed by atoms with Crippen LogP contribution in [0, 0.1) is 11.8 Å². The molecule has 126 valence electrons. The highest BCUT2D eigenvalue weighted by Crippen LogP contribution is 2.29. The first-order valence-corrected chi connectivity index (χ1v) is 7.77. The van der Waals surface area contributed by atoms with E-state index in [0.717, 1.165) is 31.1 Å². The minimum Gasteiger partial charge on any atom is -0.493 e. The van der Waals surface area contributed by atoms with Gasteiger partial charge in [0.1, 0.15) is 0 Å². The summed E-state index contributed by atoms with van der Waals surface area (Å²) >= 11 is 0. The molecule has 0 spiro atoms. The molecule has 0 bridgehead atoms. The topological polar surface area (TPSA) is 47.7 Å². The molecule has 1 heterocycles. The number of benzene rings is 1. The van der Waals surface area contributed by atoms with E-state index in [-0.39, 0.29) is 12.4 Å². The highest BCUT2D eigenvalue weighted by atomic mass is 35.5. The number of likely N-dealkylation sites (tertiary alicyclic amines) is 1. The first-order chi connectivity index (χ1) is 9.99. The summed E-state index contributed by atoms with van der Waals surface area (Å²) in [5, 5.41) is 0. The van der Waals surface area contributed by atoms with E-state index in [4.69, 9.17) is 15.2 Å². The molecule has 1 aromatic carbocycles. The third-order valence-corrected chi connectivity index (χ3v) is 3.95. The lowest BCUT2D eigenvalue weighted by atomic mass is 10.1. The fourth-order valence-corrected chi connectivity index (χ4v) is 2.67. The highest BCUT2D eigenvalue weighted by Gasteiger charge is 2.26. The fraction of sp³-hybridized carbons (Fsp3) is 0.647. The second-order valence-electron chi connectivity index (χ2n) is 6.53. The van der Waals surface area contributed by atoms with Crippen LogP contribution in [0.15, 0.2) is 18.2 Å². The summed E-state index contributed by atoms with van der Waals surface area (Å²) in [5.41, 5.74) is 7.34. The van der Waals surface area contributed by atoms with Crippen molar-refractivity contribution in [1.82, 2.24) is 4.90 Å². The van der Waals surface area contributed by atoms with Gasteiger partial charge in [0, 0.05) is 25.7 Å². The van der Waals surface area contributed by atoms with Crippen LogP contribution in [0.2, 0.25) is 0 Å². The maximum Gasteiger partial charge on any atom is 0.161 e. The van der Waals surface area contributed by atoms with Gasteiger partial charge in [0.25, 0.3) is 0 Å². The summed E-state index contributed by atoms with van der Waals surface area (Å²) in [6.45, 7) is 10.2. The van der Waals surface area contributed by atoms with Crippen molar-refractivity contribution in [2.45, 2.75) is 33.4 Å². The normalized spacial score (nSPS) is 21.7. The van der Waals surface area contributed by atoms with Gasteiger partial charge in [-0.1, -0.05) is 26.8 Å². The Labute approximate surface area is 140 Å². The summed E-state index contributed by atoms with van der Waals surface area (Å²) < 4.78 is 11.2. The Morgan fingerprint density at radius 2 is 2.00 bits per heavy atom. The Kier molecular flexibility index (Phi) is 7.46. The molecular formula is C17H29ClN2O2. The van der Waals surface area contributed by atoms with E-state index in [2.05, 4.69) is 37.8 Å². The monoisotopic (exact) mass is 328 g/mol. The van der Waals surface area contributed by atoms with Gasteiger partial charge in [-0.25, -0.2) is 0 Å². The molecule has 0 amide bonds. The van der Waals surface area contributed by atoms with E-state index in [1.54, 1.807) is 7.11 Å². The van der Waals surface area contributed by atoms with Gasteiger partial charge in [0.2, 0.25) is 0 Å². The highest BCUT2D eigenvalue weighted by molar-refractivity contribution is 5.85. The molecule has 2 N–H and O–H groups in total. The van der Waals surface area contributed by atoms with E-state index >= 15 is 0 Å². The van der Waals surface area contributed by atoms with E-state index in [1.807, 2.05) is 6.07 Å². The molecular weight excluding hydrogens is 300 g/mol. The van der Waals surface area contributed by atoms with Gasteiger partial charge in [-0.2, -0.15) is 0 Å². The van der Waals surface area contributed by atoms with Crippen LogP contribution in [-0.2, 0) is 6.54 Å². The summed E-state index contributed by atoms with van der Waals surface area (Å²) in [7, 11) is 1.68. The fourth-order valence-electron chi connectivity index (χ4n) is 2.67. The summed E-state index contributed by atoms with van der Waals surface area (Å²) in [6, 6.07) is 6.48. The Balaban J connectivity index is 0.00000242. The van der Waals surface area contributed by atoms with Gasteiger partial charge in [-0.05, 0) is 29.5 Å². The predicted molar refractivity (Wildman–Crippen MR) is 93.0 cm³/mol. The molecule has 5 heteroatoms. The van der Waals surface area contributed by atoms with Gasteiger partial charge in [-0.15, -0.1) is 12.4 Å². The third-order valence-electron chi connectivity index (χ3n) is 3.95. The molecule has 2 atom stereocenters. The van der Waals surface area contributed by atoms with E-state index in [1.165, 1.54) is 5.56 Å². The summed E-state index contributed by atoms with van der Waals surface area (Å²) in [5.74, 6) is 2.70. The standard InChI is InChI=1S/C17H28N2O2.ClH/c1-12(2)11-21-17-7-14(5-6-16(17)20-4)9-19-8-13(3)15(18)10-19;/h5-7,12-13,15H,8-11,18H2,1-4H3;1H. The van der Waals surface area contributed by atoms with Crippen molar-refractivity contribution in [2.75, 3.05) is 26.8 Å². The zero-order valence-electron chi connectivity index (χ0n) is 14.0. The molecule has 0 radical (unpaired) electrons. The smallest absolute Gasteiger partial charge is 0.161 e. The number of rotatable bonds is 6. The Bertz CT molecular complexity index is 458. The maximum atomic E-state index is 6.09. The maximum absolute atomic E-state index is 6.09. The molecule has 0 aromatic heterocycles. The zero-order chi connectivity index (χ0) is 15.4. The van der Waals surface area contributed by atoms with Gasteiger partial charge < -0.3 is 15.2 Å². The lowest BCUT2D eigenvalue weighted by molar-refractivity contribution is 0.255. The van der Waals surface area contributed by atoms with Gasteiger partial charge in [-0.3, -0.25) is 4.90 Å². The van der Waals surface area contributed by atoms with Crippen LogP contribution < -0.4 is 15.2 Å². The molecule has 0 saturated carbocycles. The van der Waals surface area contributed by atoms with Crippen molar-refractivity contribution in [2.24, 2.45) is 17.6 Å². The van der Waals surface area contributed by atoms with Crippen LogP contribution in [0.4, 0.5) is 0 Å². The van der Waals surface area contributed by atoms with Crippen molar-refractivity contribution >= 4 is 12.4 Å².